The maximum atomic E-state index is 13.4. The lowest BCUT2D eigenvalue weighted by atomic mass is 10.1. The molecule has 0 unspecified atom stereocenters. The number of amides is 1. The third kappa shape index (κ3) is 4.04. The maximum Gasteiger partial charge on any atom is 0.262 e. The van der Waals surface area contributed by atoms with Crippen LogP contribution in [0, 0.1) is 17.2 Å². The fraction of sp³-hybridized carbons (Fsp3) is 0.417. The first-order chi connectivity index (χ1) is 15.1. The van der Waals surface area contributed by atoms with Crippen molar-refractivity contribution in [3.05, 3.63) is 52.6 Å². The zero-order chi connectivity index (χ0) is 21.4. The summed E-state index contributed by atoms with van der Waals surface area (Å²) in [6.45, 7) is 2.86. The number of nitriles is 1. The van der Waals surface area contributed by atoms with Crippen LogP contribution in [0.5, 0.6) is 11.5 Å². The summed E-state index contributed by atoms with van der Waals surface area (Å²) in [4.78, 5) is 15.1. The number of ether oxygens (including phenoxy) is 2. The summed E-state index contributed by atoms with van der Waals surface area (Å²) in [5.41, 5.74) is 3.61. The molecule has 5 rings (SSSR count). The molecule has 2 N–H and O–H groups in total. The summed E-state index contributed by atoms with van der Waals surface area (Å²) in [6.07, 6.45) is 3.18. The average Bonchev–Trinajstić information content (AvgIpc) is 3.26. The zero-order valence-electron chi connectivity index (χ0n) is 17.3. The minimum Gasteiger partial charge on any atom is -0.507 e. The molecule has 0 spiro atoms. The quantitative estimate of drug-likeness (QED) is 0.745. The number of aromatic hydroxyl groups is 1. The highest BCUT2D eigenvalue weighted by Gasteiger charge is 2.31. The van der Waals surface area contributed by atoms with E-state index in [1.807, 2.05) is 24.3 Å². The van der Waals surface area contributed by atoms with Crippen molar-refractivity contribution in [1.82, 2.24) is 4.90 Å². The fourth-order valence-electron chi connectivity index (χ4n) is 4.21. The van der Waals surface area contributed by atoms with Gasteiger partial charge in [-0.25, -0.2) is 0 Å². The van der Waals surface area contributed by atoms with Crippen LogP contribution in [0.3, 0.4) is 0 Å². The number of rotatable bonds is 6. The topological polar surface area (TPSA) is 94.8 Å². The van der Waals surface area contributed by atoms with Gasteiger partial charge in [0.25, 0.3) is 5.91 Å². The first-order valence-electron chi connectivity index (χ1n) is 10.8. The van der Waals surface area contributed by atoms with Gasteiger partial charge in [-0.3, -0.25) is 4.79 Å². The van der Waals surface area contributed by atoms with E-state index in [0.29, 0.717) is 32.2 Å². The summed E-state index contributed by atoms with van der Waals surface area (Å²) in [7, 11) is 0. The molecular weight excluding hydrogens is 394 g/mol. The van der Waals surface area contributed by atoms with Crippen molar-refractivity contribution in [2.24, 2.45) is 5.92 Å². The summed E-state index contributed by atoms with van der Waals surface area (Å²) in [5, 5.41) is 23.4. The molecule has 0 radical (unpaired) electrons. The Balaban J connectivity index is 1.39. The van der Waals surface area contributed by atoms with Crippen LogP contribution in [0.1, 0.15) is 46.3 Å². The summed E-state index contributed by atoms with van der Waals surface area (Å²) >= 11 is 0. The SMILES string of the molecule is N#Cc1cc(O)c(C(=O)N2Cc3cccc(N[C@H]4CCOC4)c3C2)c(OCC2CC2)c1. The molecule has 31 heavy (non-hydrogen) atoms. The van der Waals surface area contributed by atoms with E-state index < -0.39 is 0 Å². The average molecular weight is 419 g/mol. The largest absolute Gasteiger partial charge is 0.507 e. The molecule has 2 aromatic rings. The lowest BCUT2D eigenvalue weighted by Crippen LogP contribution is -2.26. The van der Waals surface area contributed by atoms with Gasteiger partial charge < -0.3 is 24.8 Å². The van der Waals surface area contributed by atoms with E-state index in [-0.39, 0.29) is 34.6 Å². The van der Waals surface area contributed by atoms with Crippen molar-refractivity contribution in [3.63, 3.8) is 0 Å². The summed E-state index contributed by atoms with van der Waals surface area (Å²) in [6, 6.07) is 11.2. The number of benzene rings is 2. The first kappa shape index (κ1) is 19.7. The predicted molar refractivity (Wildman–Crippen MR) is 114 cm³/mol. The Morgan fingerprint density at radius 3 is 2.90 bits per heavy atom. The van der Waals surface area contributed by atoms with Crippen molar-refractivity contribution in [1.29, 1.82) is 5.26 Å². The number of phenolic OH excluding ortho intramolecular Hbond substituents is 1. The van der Waals surface area contributed by atoms with Gasteiger partial charge in [0.15, 0.2) is 0 Å². The smallest absolute Gasteiger partial charge is 0.262 e. The second kappa shape index (κ2) is 8.12. The molecule has 1 saturated heterocycles. The zero-order valence-corrected chi connectivity index (χ0v) is 17.3. The molecule has 7 heteroatoms. The van der Waals surface area contributed by atoms with E-state index in [4.69, 9.17) is 9.47 Å². The number of anilines is 1. The Kier molecular flexibility index (Phi) is 5.16. The molecule has 7 nitrogen and oxygen atoms in total. The van der Waals surface area contributed by atoms with Gasteiger partial charge in [0.1, 0.15) is 17.1 Å². The Morgan fingerprint density at radius 1 is 1.29 bits per heavy atom. The van der Waals surface area contributed by atoms with Gasteiger partial charge in [0, 0.05) is 25.4 Å². The lowest BCUT2D eigenvalue weighted by Gasteiger charge is -2.20. The third-order valence-electron chi connectivity index (χ3n) is 6.16. The molecule has 2 aromatic carbocycles. The van der Waals surface area contributed by atoms with Crippen LogP contribution in [0.2, 0.25) is 0 Å². The number of nitrogens with zero attached hydrogens (tertiary/aromatic N) is 2. The normalized spacial score (nSPS) is 19.7. The molecule has 2 heterocycles. The van der Waals surface area contributed by atoms with E-state index >= 15 is 0 Å². The van der Waals surface area contributed by atoms with Gasteiger partial charge in [-0.1, -0.05) is 12.1 Å². The van der Waals surface area contributed by atoms with E-state index in [9.17, 15) is 15.2 Å². The molecule has 0 bridgehead atoms. The Bertz CT molecular complexity index is 1050. The van der Waals surface area contributed by atoms with E-state index in [1.165, 1.54) is 6.07 Å². The lowest BCUT2D eigenvalue weighted by molar-refractivity contribution is 0.0743. The standard InChI is InChI=1S/C24H25N3O4/c25-10-16-8-21(28)23(22(9-16)31-13-15-4-5-15)24(29)27-11-17-2-1-3-20(19(17)12-27)26-18-6-7-30-14-18/h1-3,8-9,15,18,26,28H,4-7,11-14H2/t18-/m0/s1. The van der Waals surface area contributed by atoms with Crippen molar-refractivity contribution in [3.8, 4) is 17.6 Å². The van der Waals surface area contributed by atoms with Crippen LogP contribution in [-0.4, -0.2) is 41.8 Å². The van der Waals surface area contributed by atoms with Gasteiger partial charge >= 0.3 is 0 Å². The molecule has 1 amide bonds. The van der Waals surface area contributed by atoms with Crippen molar-refractivity contribution in [2.45, 2.75) is 38.4 Å². The van der Waals surface area contributed by atoms with Crippen LogP contribution in [0.15, 0.2) is 30.3 Å². The predicted octanol–water partition coefficient (Wildman–Crippen LogP) is 3.41. The molecule has 1 saturated carbocycles. The number of hydrogen-bond acceptors (Lipinski definition) is 6. The highest BCUT2D eigenvalue weighted by atomic mass is 16.5. The molecule has 2 aliphatic heterocycles. The van der Waals surface area contributed by atoms with E-state index in [2.05, 4.69) is 5.32 Å². The second-order valence-electron chi connectivity index (χ2n) is 8.54. The monoisotopic (exact) mass is 419 g/mol. The molecule has 0 aromatic heterocycles. The highest BCUT2D eigenvalue weighted by Crippen LogP contribution is 2.37. The minimum atomic E-state index is -0.292. The van der Waals surface area contributed by atoms with E-state index in [0.717, 1.165) is 42.7 Å². The van der Waals surface area contributed by atoms with Crippen molar-refractivity contribution >= 4 is 11.6 Å². The Hall–Kier alpha value is -3.24. The number of phenols is 1. The van der Waals surface area contributed by atoms with Gasteiger partial charge in [-0.15, -0.1) is 0 Å². The van der Waals surface area contributed by atoms with Crippen molar-refractivity contribution in [2.75, 3.05) is 25.1 Å². The second-order valence-corrected chi connectivity index (χ2v) is 8.54. The van der Waals surface area contributed by atoms with Crippen LogP contribution < -0.4 is 10.1 Å². The molecule has 160 valence electrons. The molecule has 1 atom stereocenters. The fourth-order valence-corrected chi connectivity index (χ4v) is 4.21. The Labute approximate surface area is 181 Å². The molecular formula is C24H25N3O4. The van der Waals surface area contributed by atoms with Gasteiger partial charge in [-0.05, 0) is 54.5 Å². The minimum absolute atomic E-state index is 0.131. The molecule has 1 aliphatic carbocycles. The summed E-state index contributed by atoms with van der Waals surface area (Å²) in [5.74, 6) is 0.261. The van der Waals surface area contributed by atoms with Crippen LogP contribution >= 0.6 is 0 Å². The Morgan fingerprint density at radius 2 is 2.16 bits per heavy atom. The number of carbonyl (C=O) groups is 1. The number of carbonyl (C=O) groups excluding carboxylic acids is 1. The molecule has 2 fully saturated rings. The first-order valence-corrected chi connectivity index (χ1v) is 10.8. The van der Waals surface area contributed by atoms with Crippen molar-refractivity contribution < 1.29 is 19.4 Å². The number of fused-ring (bicyclic) bond motifs is 1. The highest BCUT2D eigenvalue weighted by molar-refractivity contribution is 6.00. The molecule has 3 aliphatic rings. The van der Waals surface area contributed by atoms with Gasteiger partial charge in [0.05, 0.1) is 30.9 Å². The summed E-state index contributed by atoms with van der Waals surface area (Å²) < 4.78 is 11.3. The number of hydrogen-bond donors (Lipinski definition) is 2. The van der Waals surface area contributed by atoms with Crippen LogP contribution in [0.4, 0.5) is 5.69 Å². The van der Waals surface area contributed by atoms with Gasteiger partial charge in [0.2, 0.25) is 0 Å². The number of nitrogens with one attached hydrogen (secondary N) is 1. The maximum absolute atomic E-state index is 13.4. The third-order valence-corrected chi connectivity index (χ3v) is 6.16. The van der Waals surface area contributed by atoms with Gasteiger partial charge in [-0.2, -0.15) is 5.26 Å². The van der Waals surface area contributed by atoms with Crippen LogP contribution in [0.25, 0.3) is 0 Å². The van der Waals surface area contributed by atoms with Crippen LogP contribution in [-0.2, 0) is 17.8 Å². The van der Waals surface area contributed by atoms with E-state index in [1.54, 1.807) is 11.0 Å².